The molecule has 5 heteroatoms. The van der Waals surface area contributed by atoms with Crippen LogP contribution < -0.4 is 10.6 Å². The maximum absolute atomic E-state index is 11.4. The quantitative estimate of drug-likeness (QED) is 0.748. The van der Waals surface area contributed by atoms with Crippen LogP contribution in [0, 0.1) is 0 Å². The van der Waals surface area contributed by atoms with Gasteiger partial charge in [-0.15, -0.1) is 0 Å². The van der Waals surface area contributed by atoms with E-state index in [9.17, 15) is 9.59 Å². The molecule has 0 atom stereocenters. The average Bonchev–Trinajstić information content (AvgIpc) is 2.28. The monoisotopic (exact) mass is 224 g/mol. The smallest absolute Gasteiger partial charge is 0.283 e. The van der Waals surface area contributed by atoms with Crippen LogP contribution >= 0.6 is 11.8 Å². The Bertz CT molecular complexity index is 379. The Balaban J connectivity index is 2.96. The van der Waals surface area contributed by atoms with Crippen molar-refractivity contribution in [3.8, 4) is 0 Å². The first kappa shape index (κ1) is 11.6. The van der Waals surface area contributed by atoms with Crippen LogP contribution in [0.2, 0.25) is 0 Å². The van der Waals surface area contributed by atoms with Crippen LogP contribution in [0.3, 0.4) is 0 Å². The molecule has 2 N–H and O–H groups in total. The van der Waals surface area contributed by atoms with E-state index in [1.165, 1.54) is 0 Å². The molecule has 1 rings (SSSR count). The van der Waals surface area contributed by atoms with Gasteiger partial charge in [-0.25, -0.2) is 0 Å². The molecule has 80 valence electrons. The summed E-state index contributed by atoms with van der Waals surface area (Å²) in [5, 5.41) is 4.83. The zero-order valence-corrected chi connectivity index (χ0v) is 9.35. The third-order valence-electron chi connectivity index (χ3n) is 1.77. The molecule has 0 saturated heterocycles. The molecule has 0 aromatic heterocycles. The van der Waals surface area contributed by atoms with Crippen LogP contribution in [-0.4, -0.2) is 25.2 Å². The van der Waals surface area contributed by atoms with Gasteiger partial charge in [-0.2, -0.15) is 0 Å². The van der Waals surface area contributed by atoms with Crippen molar-refractivity contribution in [3.63, 3.8) is 0 Å². The number of rotatable bonds is 2. The van der Waals surface area contributed by atoms with Crippen molar-refractivity contribution >= 4 is 22.9 Å². The van der Waals surface area contributed by atoms with Gasteiger partial charge in [0.25, 0.3) is 11.1 Å². The zero-order valence-electron chi connectivity index (χ0n) is 8.53. The van der Waals surface area contributed by atoms with Gasteiger partial charge >= 0.3 is 0 Å². The molecule has 0 aliphatic rings. The summed E-state index contributed by atoms with van der Waals surface area (Å²) in [6, 6.07) is 6.98. The lowest BCUT2D eigenvalue weighted by Gasteiger charge is -2.06. The molecular weight excluding hydrogens is 212 g/mol. The highest BCUT2D eigenvalue weighted by Crippen LogP contribution is 2.22. The summed E-state index contributed by atoms with van der Waals surface area (Å²) in [5.41, 5.74) is 0.508. The molecule has 15 heavy (non-hydrogen) atoms. The molecule has 0 heterocycles. The number of amides is 2. The lowest BCUT2D eigenvalue weighted by Crippen LogP contribution is -2.19. The first-order valence-electron chi connectivity index (χ1n) is 4.39. The molecule has 0 bridgehead atoms. The van der Waals surface area contributed by atoms with Gasteiger partial charge in [0.2, 0.25) is 0 Å². The first-order valence-corrected chi connectivity index (χ1v) is 5.21. The van der Waals surface area contributed by atoms with Crippen LogP contribution in [0.4, 0.5) is 4.79 Å². The fourth-order valence-corrected chi connectivity index (χ4v) is 1.75. The van der Waals surface area contributed by atoms with Crippen LogP contribution in [0.5, 0.6) is 0 Å². The van der Waals surface area contributed by atoms with Crippen molar-refractivity contribution in [2.45, 2.75) is 4.90 Å². The van der Waals surface area contributed by atoms with Gasteiger partial charge in [0.1, 0.15) is 0 Å². The minimum atomic E-state index is -0.193. The van der Waals surface area contributed by atoms with E-state index in [4.69, 9.17) is 0 Å². The van der Waals surface area contributed by atoms with E-state index in [1.807, 2.05) is 0 Å². The van der Waals surface area contributed by atoms with E-state index in [0.29, 0.717) is 10.5 Å². The van der Waals surface area contributed by atoms with Gasteiger partial charge in [0, 0.05) is 19.0 Å². The summed E-state index contributed by atoms with van der Waals surface area (Å²) in [7, 11) is 3.11. The summed E-state index contributed by atoms with van der Waals surface area (Å²) >= 11 is 1.00. The second-order valence-corrected chi connectivity index (χ2v) is 3.73. The second-order valence-electron chi connectivity index (χ2n) is 2.71. The van der Waals surface area contributed by atoms with E-state index in [2.05, 4.69) is 10.6 Å². The molecule has 4 nitrogen and oxygen atoms in total. The lowest BCUT2D eigenvalue weighted by atomic mass is 10.2. The van der Waals surface area contributed by atoms with E-state index in [-0.39, 0.29) is 11.1 Å². The topological polar surface area (TPSA) is 58.2 Å². The van der Waals surface area contributed by atoms with Gasteiger partial charge in [-0.1, -0.05) is 12.1 Å². The highest BCUT2D eigenvalue weighted by atomic mass is 32.2. The van der Waals surface area contributed by atoms with Crippen LogP contribution in [0.15, 0.2) is 29.2 Å². The maximum atomic E-state index is 11.4. The molecule has 0 unspecified atom stereocenters. The molecule has 0 saturated carbocycles. The van der Waals surface area contributed by atoms with Crippen LogP contribution in [-0.2, 0) is 0 Å². The van der Waals surface area contributed by atoms with Crippen molar-refractivity contribution in [1.82, 2.24) is 10.6 Å². The number of thioether (sulfide) groups is 1. The van der Waals surface area contributed by atoms with E-state index in [0.717, 1.165) is 11.8 Å². The van der Waals surface area contributed by atoms with Crippen molar-refractivity contribution in [1.29, 1.82) is 0 Å². The Labute approximate surface area is 92.4 Å². The maximum Gasteiger partial charge on any atom is 0.283 e. The molecule has 0 aliphatic heterocycles. The summed E-state index contributed by atoms with van der Waals surface area (Å²) in [6.07, 6.45) is 0. The Morgan fingerprint density at radius 1 is 1.13 bits per heavy atom. The van der Waals surface area contributed by atoms with Crippen molar-refractivity contribution in [2.75, 3.05) is 14.1 Å². The van der Waals surface area contributed by atoms with Crippen LogP contribution in [0.1, 0.15) is 10.4 Å². The van der Waals surface area contributed by atoms with Gasteiger partial charge in [-0.3, -0.25) is 9.59 Å². The van der Waals surface area contributed by atoms with Crippen molar-refractivity contribution in [3.05, 3.63) is 29.8 Å². The number of nitrogens with one attached hydrogen (secondary N) is 2. The Kier molecular flexibility index (Phi) is 4.17. The molecule has 1 aromatic rings. The Morgan fingerprint density at radius 2 is 1.80 bits per heavy atom. The summed E-state index contributed by atoms with van der Waals surface area (Å²) in [6.45, 7) is 0. The molecular formula is C10H12N2O2S. The standard InChI is InChI=1S/C10H12N2O2S/c1-11-9(13)7-5-3-4-6-8(7)15-10(14)12-2/h3-6H,1-2H3,(H,11,13)(H,12,14). The highest BCUT2D eigenvalue weighted by molar-refractivity contribution is 8.13. The number of carbonyl (C=O) groups excluding carboxylic acids is 2. The first-order chi connectivity index (χ1) is 7.19. The molecule has 2 amide bonds. The Morgan fingerprint density at radius 3 is 2.40 bits per heavy atom. The van der Waals surface area contributed by atoms with Gasteiger partial charge < -0.3 is 10.6 Å². The highest BCUT2D eigenvalue weighted by Gasteiger charge is 2.11. The molecule has 1 aromatic carbocycles. The predicted octanol–water partition coefficient (Wildman–Crippen LogP) is 1.48. The molecule has 0 spiro atoms. The third-order valence-corrected chi connectivity index (χ3v) is 2.73. The molecule has 0 fully saturated rings. The SMILES string of the molecule is CNC(=O)Sc1ccccc1C(=O)NC. The number of hydrogen-bond acceptors (Lipinski definition) is 3. The van der Waals surface area contributed by atoms with Gasteiger partial charge in [-0.05, 0) is 23.9 Å². The lowest BCUT2D eigenvalue weighted by molar-refractivity contribution is 0.0960. The summed E-state index contributed by atoms with van der Waals surface area (Å²) in [5.74, 6) is -0.193. The number of benzene rings is 1. The summed E-state index contributed by atoms with van der Waals surface area (Å²) in [4.78, 5) is 23.3. The van der Waals surface area contributed by atoms with Crippen LogP contribution in [0.25, 0.3) is 0 Å². The Hall–Kier alpha value is -1.49. The second kappa shape index (κ2) is 5.41. The van der Waals surface area contributed by atoms with E-state index >= 15 is 0 Å². The minimum absolute atomic E-state index is 0.189. The molecule has 0 radical (unpaired) electrons. The predicted molar refractivity (Wildman–Crippen MR) is 60.1 cm³/mol. The van der Waals surface area contributed by atoms with Crippen molar-refractivity contribution in [2.24, 2.45) is 0 Å². The van der Waals surface area contributed by atoms with Gasteiger partial charge in [0.05, 0.1) is 5.56 Å². The molecule has 0 aliphatic carbocycles. The van der Waals surface area contributed by atoms with Gasteiger partial charge in [0.15, 0.2) is 0 Å². The van der Waals surface area contributed by atoms with Crippen molar-refractivity contribution < 1.29 is 9.59 Å². The largest absolute Gasteiger partial charge is 0.355 e. The number of hydrogen-bond donors (Lipinski definition) is 2. The zero-order chi connectivity index (χ0) is 11.3. The summed E-state index contributed by atoms with van der Waals surface area (Å²) < 4.78 is 0. The fraction of sp³-hybridized carbons (Fsp3) is 0.200. The van der Waals surface area contributed by atoms with E-state index in [1.54, 1.807) is 38.4 Å². The minimum Gasteiger partial charge on any atom is -0.355 e. The third kappa shape index (κ3) is 2.99. The normalized spacial score (nSPS) is 9.47. The number of carbonyl (C=O) groups is 2. The fourth-order valence-electron chi connectivity index (χ4n) is 1.03. The van der Waals surface area contributed by atoms with E-state index < -0.39 is 0 Å². The average molecular weight is 224 g/mol.